The Balaban J connectivity index is 1.85. The topological polar surface area (TPSA) is 67.8 Å². The van der Waals surface area contributed by atoms with Crippen molar-refractivity contribution in [3.8, 4) is 17.2 Å². The van der Waals surface area contributed by atoms with Crippen molar-refractivity contribution in [3.05, 3.63) is 52.0 Å². The number of para-hydroxylation sites is 1. The summed E-state index contributed by atoms with van der Waals surface area (Å²) in [5, 5.41) is 12.6. The molecule has 5 nitrogen and oxygen atoms in total. The van der Waals surface area contributed by atoms with Gasteiger partial charge in [0.05, 0.1) is 14.2 Å². The quantitative estimate of drug-likeness (QED) is 0.702. The second kappa shape index (κ2) is 9.32. The van der Waals surface area contributed by atoms with Gasteiger partial charge in [-0.1, -0.05) is 34.1 Å². The van der Waals surface area contributed by atoms with Crippen molar-refractivity contribution in [2.45, 2.75) is 19.3 Å². The van der Waals surface area contributed by atoms with Crippen molar-refractivity contribution in [2.24, 2.45) is 0 Å². The number of methoxy groups -OCH3 is 2. The van der Waals surface area contributed by atoms with Crippen molar-refractivity contribution in [3.63, 3.8) is 0 Å². The summed E-state index contributed by atoms with van der Waals surface area (Å²) in [5.41, 5.74) is 1.80. The molecule has 0 aliphatic rings. The Morgan fingerprint density at radius 3 is 2.44 bits per heavy atom. The van der Waals surface area contributed by atoms with Crippen LogP contribution in [-0.4, -0.2) is 31.8 Å². The highest BCUT2D eigenvalue weighted by Crippen LogP contribution is 2.33. The lowest BCUT2D eigenvalue weighted by molar-refractivity contribution is -0.121. The fourth-order valence-electron chi connectivity index (χ4n) is 2.48. The highest BCUT2D eigenvalue weighted by atomic mass is 79.9. The second-order valence-corrected chi connectivity index (χ2v) is 6.38. The molecule has 2 aromatic carbocycles. The maximum absolute atomic E-state index is 12.0. The Morgan fingerprint density at radius 2 is 1.76 bits per heavy atom. The van der Waals surface area contributed by atoms with Crippen LogP contribution in [0.25, 0.3) is 0 Å². The lowest BCUT2D eigenvalue weighted by Gasteiger charge is -2.12. The molecule has 134 valence electrons. The lowest BCUT2D eigenvalue weighted by Crippen LogP contribution is -2.25. The predicted octanol–water partition coefficient (Wildman–Crippen LogP) is 3.46. The van der Waals surface area contributed by atoms with Crippen molar-refractivity contribution in [1.29, 1.82) is 0 Å². The van der Waals surface area contributed by atoms with Gasteiger partial charge in [-0.15, -0.1) is 0 Å². The van der Waals surface area contributed by atoms with Crippen LogP contribution in [-0.2, 0) is 17.6 Å². The van der Waals surface area contributed by atoms with Gasteiger partial charge in [0, 0.05) is 17.4 Å². The number of phenols is 1. The molecule has 0 atom stereocenters. The number of aromatic hydroxyl groups is 1. The number of halogens is 1. The van der Waals surface area contributed by atoms with Crippen LogP contribution in [0.1, 0.15) is 17.5 Å². The van der Waals surface area contributed by atoms with Gasteiger partial charge in [-0.05, 0) is 42.2 Å². The molecule has 25 heavy (non-hydrogen) atoms. The molecule has 0 fully saturated rings. The van der Waals surface area contributed by atoms with Crippen LogP contribution in [0.4, 0.5) is 0 Å². The van der Waals surface area contributed by atoms with E-state index >= 15 is 0 Å². The average Bonchev–Trinajstić information content (AvgIpc) is 2.62. The highest BCUT2D eigenvalue weighted by Gasteiger charge is 2.11. The summed E-state index contributed by atoms with van der Waals surface area (Å²) in [5.74, 6) is 1.51. The zero-order valence-corrected chi connectivity index (χ0v) is 15.9. The van der Waals surface area contributed by atoms with Gasteiger partial charge < -0.3 is 19.9 Å². The summed E-state index contributed by atoms with van der Waals surface area (Å²) in [6, 6.07) is 10.8. The molecule has 0 bridgehead atoms. The van der Waals surface area contributed by atoms with E-state index in [0.717, 1.165) is 15.6 Å². The Morgan fingerprint density at radius 1 is 1.08 bits per heavy atom. The maximum Gasteiger partial charge on any atom is 0.220 e. The van der Waals surface area contributed by atoms with E-state index in [1.165, 1.54) is 0 Å². The van der Waals surface area contributed by atoms with E-state index in [-0.39, 0.29) is 11.7 Å². The minimum absolute atomic E-state index is 0.0305. The van der Waals surface area contributed by atoms with E-state index in [1.54, 1.807) is 26.4 Å². The maximum atomic E-state index is 12.0. The summed E-state index contributed by atoms with van der Waals surface area (Å²) in [6.45, 7) is 0.490. The molecule has 2 aromatic rings. The van der Waals surface area contributed by atoms with E-state index < -0.39 is 0 Å². The minimum atomic E-state index is -0.0305. The van der Waals surface area contributed by atoms with E-state index in [9.17, 15) is 9.90 Å². The van der Waals surface area contributed by atoms with Crippen LogP contribution in [0.2, 0.25) is 0 Å². The third-order valence-electron chi connectivity index (χ3n) is 3.88. The third kappa shape index (κ3) is 5.39. The number of aryl methyl sites for hydroxylation is 1. The smallest absolute Gasteiger partial charge is 0.220 e. The molecule has 0 aliphatic carbocycles. The van der Waals surface area contributed by atoms with Crippen LogP contribution in [0, 0.1) is 0 Å². The number of benzene rings is 2. The van der Waals surface area contributed by atoms with Crippen LogP contribution in [0.5, 0.6) is 17.2 Å². The summed E-state index contributed by atoms with van der Waals surface area (Å²) >= 11 is 3.50. The fraction of sp³-hybridized carbons (Fsp3) is 0.316. The molecule has 2 rings (SSSR count). The number of rotatable bonds is 8. The summed E-state index contributed by atoms with van der Waals surface area (Å²) in [7, 11) is 3.17. The van der Waals surface area contributed by atoms with E-state index in [1.807, 2.05) is 24.3 Å². The van der Waals surface area contributed by atoms with E-state index in [4.69, 9.17) is 9.47 Å². The van der Waals surface area contributed by atoms with Gasteiger partial charge in [-0.2, -0.15) is 0 Å². The standard InChI is InChI=1S/C19H22BrNO4/c1-24-17-11-14(15(20)12-18(17)25-2)7-8-19(23)21-10-9-13-5-3-4-6-16(13)22/h3-6,11-12,22H,7-10H2,1-2H3,(H,21,23). The van der Waals surface area contributed by atoms with Gasteiger partial charge >= 0.3 is 0 Å². The lowest BCUT2D eigenvalue weighted by atomic mass is 10.1. The van der Waals surface area contributed by atoms with Crippen molar-refractivity contribution in [2.75, 3.05) is 20.8 Å². The number of carbonyl (C=O) groups is 1. The zero-order chi connectivity index (χ0) is 18.2. The monoisotopic (exact) mass is 407 g/mol. The summed E-state index contributed by atoms with van der Waals surface area (Å²) in [6.07, 6.45) is 1.55. The molecule has 0 spiro atoms. The number of carbonyl (C=O) groups excluding carboxylic acids is 1. The first-order chi connectivity index (χ1) is 12.0. The van der Waals surface area contributed by atoms with Gasteiger partial charge in [0.2, 0.25) is 5.91 Å². The van der Waals surface area contributed by atoms with Crippen LogP contribution in [0.3, 0.4) is 0 Å². The first-order valence-electron chi connectivity index (χ1n) is 7.99. The first kappa shape index (κ1) is 19.1. The van der Waals surface area contributed by atoms with Crippen LogP contribution >= 0.6 is 15.9 Å². The molecule has 0 unspecified atom stereocenters. The normalized spacial score (nSPS) is 10.4. The van der Waals surface area contributed by atoms with Crippen molar-refractivity contribution < 1.29 is 19.4 Å². The summed E-state index contributed by atoms with van der Waals surface area (Å²) < 4.78 is 11.4. The number of amides is 1. The van der Waals surface area contributed by atoms with Crippen molar-refractivity contribution in [1.82, 2.24) is 5.32 Å². The zero-order valence-electron chi connectivity index (χ0n) is 14.3. The molecule has 0 heterocycles. The molecule has 0 aliphatic heterocycles. The van der Waals surface area contributed by atoms with Gasteiger partial charge in [-0.3, -0.25) is 4.79 Å². The van der Waals surface area contributed by atoms with Gasteiger partial charge in [-0.25, -0.2) is 0 Å². The number of phenolic OH excluding ortho intramolecular Hbond substituents is 1. The molecule has 6 heteroatoms. The first-order valence-corrected chi connectivity index (χ1v) is 8.78. The SMILES string of the molecule is COc1cc(Br)c(CCC(=O)NCCc2ccccc2O)cc1OC. The molecule has 0 saturated heterocycles. The third-order valence-corrected chi connectivity index (χ3v) is 4.62. The molecule has 2 N–H and O–H groups in total. The van der Waals surface area contributed by atoms with E-state index in [0.29, 0.717) is 37.3 Å². The molecule has 1 amide bonds. The fourth-order valence-corrected chi connectivity index (χ4v) is 3.00. The Kier molecular flexibility index (Phi) is 7.13. The van der Waals surface area contributed by atoms with E-state index in [2.05, 4.69) is 21.2 Å². The summed E-state index contributed by atoms with van der Waals surface area (Å²) in [4.78, 5) is 12.0. The molecule has 0 aromatic heterocycles. The molecule has 0 radical (unpaired) electrons. The van der Waals surface area contributed by atoms with Gasteiger partial charge in [0.15, 0.2) is 11.5 Å². The highest BCUT2D eigenvalue weighted by molar-refractivity contribution is 9.10. The number of ether oxygens (including phenoxy) is 2. The number of nitrogens with one attached hydrogen (secondary N) is 1. The molecule has 0 saturated carbocycles. The average molecular weight is 408 g/mol. The Hall–Kier alpha value is -2.21. The van der Waals surface area contributed by atoms with Gasteiger partial charge in [0.25, 0.3) is 0 Å². The molecular formula is C19H22BrNO4. The minimum Gasteiger partial charge on any atom is -0.508 e. The molecular weight excluding hydrogens is 386 g/mol. The number of hydrogen-bond donors (Lipinski definition) is 2. The van der Waals surface area contributed by atoms with Crippen LogP contribution < -0.4 is 14.8 Å². The van der Waals surface area contributed by atoms with Gasteiger partial charge in [0.1, 0.15) is 5.75 Å². The largest absolute Gasteiger partial charge is 0.508 e. The van der Waals surface area contributed by atoms with Crippen molar-refractivity contribution >= 4 is 21.8 Å². The Labute approximate surface area is 156 Å². The van der Waals surface area contributed by atoms with Crippen LogP contribution in [0.15, 0.2) is 40.9 Å². The second-order valence-electron chi connectivity index (χ2n) is 5.53. The Bertz CT molecular complexity index is 733. The predicted molar refractivity (Wildman–Crippen MR) is 100 cm³/mol. The number of hydrogen-bond acceptors (Lipinski definition) is 4.